The van der Waals surface area contributed by atoms with Crippen LogP contribution in [-0.4, -0.2) is 46.3 Å². The van der Waals surface area contributed by atoms with E-state index >= 15 is 0 Å². The Bertz CT molecular complexity index is 539. The average molecular weight is 284 g/mol. The Labute approximate surface area is 114 Å². The summed E-state index contributed by atoms with van der Waals surface area (Å²) < 4.78 is 26.6. The summed E-state index contributed by atoms with van der Waals surface area (Å²) in [4.78, 5) is 13.6. The molecule has 1 aromatic rings. The topological polar surface area (TPSA) is 66.5 Å². The average Bonchev–Trinajstić information content (AvgIpc) is 2.37. The zero-order valence-corrected chi connectivity index (χ0v) is 12.3. The van der Waals surface area contributed by atoms with Gasteiger partial charge in [0.2, 0.25) is 10.0 Å². The molecule has 106 valence electrons. The monoisotopic (exact) mass is 284 g/mol. The Morgan fingerprint density at radius 3 is 2.58 bits per heavy atom. The lowest BCUT2D eigenvalue weighted by molar-refractivity contribution is 0.0988. The van der Waals surface area contributed by atoms with Crippen molar-refractivity contribution in [2.24, 2.45) is 0 Å². The van der Waals surface area contributed by atoms with E-state index in [9.17, 15) is 13.2 Å². The van der Waals surface area contributed by atoms with Crippen LogP contribution in [0.25, 0.3) is 0 Å². The van der Waals surface area contributed by atoms with Crippen LogP contribution in [-0.2, 0) is 10.0 Å². The van der Waals surface area contributed by atoms with Crippen molar-refractivity contribution in [3.8, 4) is 0 Å². The Morgan fingerprint density at radius 2 is 2.00 bits per heavy atom. The SMILES string of the molecule is CCC(=O)c1cccc(S(=O)(=O)NCCN(C)C)c1. The van der Waals surface area contributed by atoms with Crippen LogP contribution in [0.4, 0.5) is 0 Å². The highest BCUT2D eigenvalue weighted by Crippen LogP contribution is 2.12. The van der Waals surface area contributed by atoms with Crippen LogP contribution in [0.5, 0.6) is 0 Å². The van der Waals surface area contributed by atoms with Crippen LogP contribution in [0.2, 0.25) is 0 Å². The van der Waals surface area contributed by atoms with E-state index in [0.717, 1.165) is 0 Å². The van der Waals surface area contributed by atoms with Gasteiger partial charge in [0.25, 0.3) is 0 Å². The number of ketones is 1. The van der Waals surface area contributed by atoms with Crippen molar-refractivity contribution in [3.63, 3.8) is 0 Å². The van der Waals surface area contributed by atoms with Crippen LogP contribution in [0.1, 0.15) is 23.7 Å². The summed E-state index contributed by atoms with van der Waals surface area (Å²) in [5.74, 6) is -0.0645. The van der Waals surface area contributed by atoms with Gasteiger partial charge in [0, 0.05) is 25.1 Å². The van der Waals surface area contributed by atoms with Crippen molar-refractivity contribution < 1.29 is 13.2 Å². The van der Waals surface area contributed by atoms with E-state index < -0.39 is 10.0 Å². The maximum absolute atomic E-state index is 12.0. The molecule has 0 amide bonds. The number of nitrogens with one attached hydrogen (secondary N) is 1. The standard InChI is InChI=1S/C13H20N2O3S/c1-4-13(16)11-6-5-7-12(10-11)19(17,18)14-8-9-15(2)3/h5-7,10,14H,4,8-9H2,1-3H3. The van der Waals surface area contributed by atoms with Gasteiger partial charge in [-0.05, 0) is 26.2 Å². The van der Waals surface area contributed by atoms with Gasteiger partial charge in [0.15, 0.2) is 5.78 Å². The highest BCUT2D eigenvalue weighted by molar-refractivity contribution is 7.89. The van der Waals surface area contributed by atoms with E-state index in [4.69, 9.17) is 0 Å². The molecule has 0 fully saturated rings. The number of nitrogens with zero attached hydrogens (tertiary/aromatic N) is 1. The lowest BCUT2D eigenvalue weighted by Crippen LogP contribution is -2.31. The number of carbonyl (C=O) groups excluding carboxylic acids is 1. The van der Waals surface area contributed by atoms with E-state index in [-0.39, 0.29) is 10.7 Å². The maximum Gasteiger partial charge on any atom is 0.240 e. The Balaban J connectivity index is 2.86. The zero-order valence-electron chi connectivity index (χ0n) is 11.5. The molecule has 0 heterocycles. The van der Waals surface area contributed by atoms with E-state index in [1.807, 2.05) is 19.0 Å². The van der Waals surface area contributed by atoms with Gasteiger partial charge in [-0.3, -0.25) is 4.79 Å². The number of rotatable bonds is 7. The summed E-state index contributed by atoms with van der Waals surface area (Å²) >= 11 is 0. The van der Waals surface area contributed by atoms with Gasteiger partial charge in [0.1, 0.15) is 0 Å². The van der Waals surface area contributed by atoms with Crippen LogP contribution in [0.3, 0.4) is 0 Å². The first-order chi connectivity index (χ1) is 8.86. The molecule has 0 aliphatic heterocycles. The fourth-order valence-corrected chi connectivity index (χ4v) is 2.59. The van der Waals surface area contributed by atoms with Gasteiger partial charge in [-0.25, -0.2) is 13.1 Å². The van der Waals surface area contributed by atoms with Crippen molar-refractivity contribution in [3.05, 3.63) is 29.8 Å². The molecule has 5 nitrogen and oxygen atoms in total. The molecule has 1 rings (SSSR count). The van der Waals surface area contributed by atoms with E-state index in [2.05, 4.69) is 4.72 Å². The molecule has 0 bridgehead atoms. The molecule has 19 heavy (non-hydrogen) atoms. The molecule has 0 aliphatic carbocycles. The molecular weight excluding hydrogens is 264 g/mol. The second-order valence-corrected chi connectivity index (χ2v) is 6.27. The van der Waals surface area contributed by atoms with Crippen molar-refractivity contribution in [2.45, 2.75) is 18.2 Å². The molecule has 1 N–H and O–H groups in total. The lowest BCUT2D eigenvalue weighted by atomic mass is 10.1. The van der Waals surface area contributed by atoms with Gasteiger partial charge < -0.3 is 4.90 Å². The van der Waals surface area contributed by atoms with Gasteiger partial charge in [0.05, 0.1) is 4.90 Å². The molecule has 0 radical (unpaired) electrons. The molecule has 1 aromatic carbocycles. The Kier molecular flexibility index (Phi) is 5.65. The fraction of sp³-hybridized carbons (Fsp3) is 0.462. The summed E-state index contributed by atoms with van der Waals surface area (Å²) in [6.45, 7) is 2.70. The molecule has 0 saturated carbocycles. The number of carbonyl (C=O) groups is 1. The van der Waals surface area contributed by atoms with E-state index in [0.29, 0.717) is 25.1 Å². The second kappa shape index (κ2) is 6.79. The largest absolute Gasteiger partial charge is 0.308 e. The van der Waals surface area contributed by atoms with Gasteiger partial charge >= 0.3 is 0 Å². The van der Waals surface area contributed by atoms with Crippen LogP contribution in [0, 0.1) is 0 Å². The summed E-state index contributed by atoms with van der Waals surface area (Å²) in [7, 11) is 0.191. The number of Topliss-reactive ketones (excluding diaryl/α,β-unsaturated/α-hetero) is 1. The smallest absolute Gasteiger partial charge is 0.240 e. The third-order valence-electron chi connectivity index (χ3n) is 2.64. The number of hydrogen-bond donors (Lipinski definition) is 1. The highest BCUT2D eigenvalue weighted by Gasteiger charge is 2.15. The molecular formula is C13H20N2O3S. The first-order valence-electron chi connectivity index (χ1n) is 6.14. The van der Waals surface area contributed by atoms with Crippen LogP contribution >= 0.6 is 0 Å². The van der Waals surface area contributed by atoms with Crippen molar-refractivity contribution >= 4 is 15.8 Å². The first kappa shape index (κ1) is 15.8. The minimum Gasteiger partial charge on any atom is -0.308 e. The molecule has 0 aliphatic rings. The normalized spacial score (nSPS) is 11.8. The minimum atomic E-state index is -3.55. The van der Waals surface area contributed by atoms with Gasteiger partial charge in [-0.1, -0.05) is 19.1 Å². The zero-order chi connectivity index (χ0) is 14.5. The molecule has 0 spiro atoms. The number of sulfonamides is 1. The Morgan fingerprint density at radius 1 is 1.32 bits per heavy atom. The lowest BCUT2D eigenvalue weighted by Gasteiger charge is -2.11. The summed E-state index contributed by atoms with van der Waals surface area (Å²) in [5, 5.41) is 0. The molecule has 0 unspecified atom stereocenters. The third kappa shape index (κ3) is 4.74. The van der Waals surface area contributed by atoms with Crippen molar-refractivity contribution in [1.29, 1.82) is 0 Å². The van der Waals surface area contributed by atoms with E-state index in [1.54, 1.807) is 19.1 Å². The predicted octanol–water partition coefficient (Wildman–Crippen LogP) is 1.12. The van der Waals surface area contributed by atoms with Gasteiger partial charge in [-0.2, -0.15) is 0 Å². The van der Waals surface area contributed by atoms with Gasteiger partial charge in [-0.15, -0.1) is 0 Å². The maximum atomic E-state index is 12.0. The molecule has 0 aromatic heterocycles. The summed E-state index contributed by atoms with van der Waals surface area (Å²) in [6, 6.07) is 6.13. The first-order valence-corrected chi connectivity index (χ1v) is 7.63. The predicted molar refractivity (Wildman–Crippen MR) is 74.8 cm³/mol. The number of hydrogen-bond acceptors (Lipinski definition) is 4. The van der Waals surface area contributed by atoms with E-state index in [1.165, 1.54) is 12.1 Å². The van der Waals surface area contributed by atoms with Crippen LogP contribution in [0.15, 0.2) is 29.2 Å². The highest BCUT2D eigenvalue weighted by atomic mass is 32.2. The molecule has 0 atom stereocenters. The summed E-state index contributed by atoms with van der Waals surface area (Å²) in [6.07, 6.45) is 0.359. The number of benzene rings is 1. The second-order valence-electron chi connectivity index (χ2n) is 4.51. The van der Waals surface area contributed by atoms with Crippen molar-refractivity contribution in [2.75, 3.05) is 27.2 Å². The number of likely N-dealkylation sites (N-methyl/N-ethyl adjacent to an activating group) is 1. The fourth-order valence-electron chi connectivity index (χ4n) is 1.53. The quantitative estimate of drug-likeness (QED) is 0.762. The Hall–Kier alpha value is -1.24. The minimum absolute atomic E-state index is 0.0645. The summed E-state index contributed by atoms with van der Waals surface area (Å²) in [5.41, 5.74) is 0.429. The molecule has 0 saturated heterocycles. The third-order valence-corrected chi connectivity index (χ3v) is 4.10. The molecule has 6 heteroatoms. The van der Waals surface area contributed by atoms with Crippen molar-refractivity contribution in [1.82, 2.24) is 9.62 Å². The van der Waals surface area contributed by atoms with Crippen LogP contribution < -0.4 is 4.72 Å².